The van der Waals surface area contributed by atoms with Gasteiger partial charge in [-0.2, -0.15) is 0 Å². The topological polar surface area (TPSA) is 145 Å². The van der Waals surface area contributed by atoms with Crippen LogP contribution in [0.15, 0.2) is 134 Å². The normalized spacial score (nSPS) is 12.2. The Morgan fingerprint density at radius 1 is 0.538 bits per heavy atom. The van der Waals surface area contributed by atoms with Crippen molar-refractivity contribution in [2.75, 3.05) is 0 Å². The lowest BCUT2D eigenvalue weighted by atomic mass is 10.1. The lowest BCUT2D eigenvalue weighted by Crippen LogP contribution is -2.25. The van der Waals surface area contributed by atoms with Gasteiger partial charge in [-0.3, -0.25) is 9.59 Å². The average Bonchev–Trinajstić information content (AvgIpc) is 3.91. The summed E-state index contributed by atoms with van der Waals surface area (Å²) >= 11 is 0. The second-order valence-corrected chi connectivity index (χ2v) is 12.3. The number of aromatic nitrogens is 8. The molecule has 0 aliphatic heterocycles. The Bertz CT molecular complexity index is 2140. The summed E-state index contributed by atoms with van der Waals surface area (Å²) < 4.78 is 3.56. The zero-order chi connectivity index (χ0) is 35.9. The number of amides is 2. The number of carbonyl (C=O) groups excluding carboxylic acids is 2. The van der Waals surface area contributed by atoms with E-state index in [4.69, 9.17) is 0 Å². The molecule has 52 heavy (non-hydrogen) atoms. The van der Waals surface area contributed by atoms with Crippen LogP contribution in [0.2, 0.25) is 0 Å². The number of nitrogens with one attached hydrogen (secondary N) is 2. The highest BCUT2D eigenvalue weighted by molar-refractivity contribution is 5.93. The molecule has 0 fully saturated rings. The van der Waals surface area contributed by atoms with E-state index in [1.54, 1.807) is 45.8 Å². The van der Waals surface area contributed by atoms with Gasteiger partial charge in [0.2, 0.25) is 0 Å². The standard InChI is InChI=1S/C40H36N10O2/c1-27(31-14-5-3-6-15-31)49-25-37(45-47-49)33-18-10-20-35(43-33)39(51)41-23-29-12-9-13-30(22-29)24-42-40(52)36-21-11-19-34(44-36)38-26-50(48-46-38)28(2)32-16-7-4-8-17-32/h3-22,25-28H,23-24H2,1-2H3,(H,41,51)(H,42,52)/t27-,28-/m1/s1. The van der Waals surface area contributed by atoms with Crippen molar-refractivity contribution in [1.82, 2.24) is 50.6 Å². The highest BCUT2D eigenvalue weighted by atomic mass is 16.2. The molecule has 0 bridgehead atoms. The number of hydrogen-bond donors (Lipinski definition) is 2. The van der Waals surface area contributed by atoms with Gasteiger partial charge < -0.3 is 10.6 Å². The molecule has 3 aromatic carbocycles. The summed E-state index contributed by atoms with van der Waals surface area (Å²) in [7, 11) is 0. The zero-order valence-electron chi connectivity index (χ0n) is 28.7. The first-order valence-electron chi connectivity index (χ1n) is 16.9. The summed E-state index contributed by atoms with van der Waals surface area (Å²) in [6, 6.07) is 38.2. The molecule has 7 rings (SSSR count). The quantitative estimate of drug-likeness (QED) is 0.157. The van der Waals surface area contributed by atoms with E-state index in [0.29, 0.717) is 22.8 Å². The van der Waals surface area contributed by atoms with Gasteiger partial charge in [-0.15, -0.1) is 10.2 Å². The van der Waals surface area contributed by atoms with Crippen LogP contribution < -0.4 is 10.6 Å². The van der Waals surface area contributed by atoms with E-state index in [1.165, 1.54) is 0 Å². The van der Waals surface area contributed by atoms with E-state index in [9.17, 15) is 9.59 Å². The van der Waals surface area contributed by atoms with Crippen molar-refractivity contribution in [3.05, 3.63) is 167 Å². The van der Waals surface area contributed by atoms with Crippen molar-refractivity contribution < 1.29 is 9.59 Å². The number of nitrogens with zero attached hydrogens (tertiary/aromatic N) is 8. The highest BCUT2D eigenvalue weighted by Gasteiger charge is 2.16. The van der Waals surface area contributed by atoms with Gasteiger partial charge in [-0.05, 0) is 60.4 Å². The molecule has 0 spiro atoms. The van der Waals surface area contributed by atoms with Crippen LogP contribution >= 0.6 is 0 Å². The Morgan fingerprint density at radius 2 is 0.962 bits per heavy atom. The van der Waals surface area contributed by atoms with E-state index in [0.717, 1.165) is 22.3 Å². The van der Waals surface area contributed by atoms with Crippen molar-refractivity contribution in [3.63, 3.8) is 0 Å². The van der Waals surface area contributed by atoms with Gasteiger partial charge in [-0.25, -0.2) is 19.3 Å². The Morgan fingerprint density at radius 3 is 1.40 bits per heavy atom. The van der Waals surface area contributed by atoms with Crippen molar-refractivity contribution >= 4 is 11.8 Å². The molecule has 0 aliphatic carbocycles. The second kappa shape index (κ2) is 15.4. The molecule has 2 atom stereocenters. The Balaban J connectivity index is 0.937. The van der Waals surface area contributed by atoms with Crippen LogP contribution in [0.5, 0.6) is 0 Å². The van der Waals surface area contributed by atoms with Gasteiger partial charge in [0, 0.05) is 13.1 Å². The first kappa shape index (κ1) is 33.7. The molecule has 258 valence electrons. The fourth-order valence-corrected chi connectivity index (χ4v) is 5.74. The van der Waals surface area contributed by atoms with E-state index < -0.39 is 0 Å². The van der Waals surface area contributed by atoms with E-state index in [-0.39, 0.29) is 48.4 Å². The van der Waals surface area contributed by atoms with Crippen LogP contribution in [-0.4, -0.2) is 51.8 Å². The number of benzene rings is 3. The van der Waals surface area contributed by atoms with E-state index in [1.807, 2.05) is 111 Å². The third-order valence-electron chi connectivity index (χ3n) is 8.76. The van der Waals surface area contributed by atoms with Gasteiger partial charge in [0.25, 0.3) is 11.8 Å². The maximum absolute atomic E-state index is 13.1. The monoisotopic (exact) mass is 688 g/mol. The highest BCUT2D eigenvalue weighted by Crippen LogP contribution is 2.22. The van der Waals surface area contributed by atoms with E-state index >= 15 is 0 Å². The predicted molar refractivity (Wildman–Crippen MR) is 196 cm³/mol. The van der Waals surface area contributed by atoms with Crippen LogP contribution in [0.3, 0.4) is 0 Å². The fourth-order valence-electron chi connectivity index (χ4n) is 5.74. The van der Waals surface area contributed by atoms with Crippen molar-refractivity contribution in [3.8, 4) is 22.8 Å². The van der Waals surface area contributed by atoms with Crippen molar-refractivity contribution in [1.29, 1.82) is 0 Å². The summed E-state index contributed by atoms with van der Waals surface area (Å²) in [5, 5.41) is 23.1. The summed E-state index contributed by atoms with van der Waals surface area (Å²) in [5.41, 5.74) is 6.79. The fraction of sp³-hybridized carbons (Fsp3) is 0.150. The van der Waals surface area contributed by atoms with Crippen LogP contribution in [-0.2, 0) is 13.1 Å². The first-order chi connectivity index (χ1) is 25.4. The minimum atomic E-state index is -0.314. The molecule has 4 heterocycles. The third kappa shape index (κ3) is 7.81. The van der Waals surface area contributed by atoms with Crippen LogP contribution in [0, 0.1) is 0 Å². The zero-order valence-corrected chi connectivity index (χ0v) is 28.7. The summed E-state index contributed by atoms with van der Waals surface area (Å²) in [6.45, 7) is 4.66. The summed E-state index contributed by atoms with van der Waals surface area (Å²) in [4.78, 5) is 35.3. The third-order valence-corrected chi connectivity index (χ3v) is 8.76. The minimum absolute atomic E-state index is 0.00472. The largest absolute Gasteiger partial charge is 0.347 e. The van der Waals surface area contributed by atoms with Gasteiger partial charge in [0.15, 0.2) is 0 Å². The lowest BCUT2D eigenvalue weighted by molar-refractivity contribution is 0.0939. The van der Waals surface area contributed by atoms with Crippen LogP contribution in [0.4, 0.5) is 0 Å². The second-order valence-electron chi connectivity index (χ2n) is 12.3. The molecule has 12 nitrogen and oxygen atoms in total. The SMILES string of the molecule is C[C@H](c1ccccc1)n1cc(-c2cccc(C(=O)NCc3cccc(CNC(=O)c4cccc(-c5cn([C@H](C)c6ccccc6)nn5)n4)c3)n2)nn1. The Hall–Kier alpha value is -6.82. The number of hydrogen-bond acceptors (Lipinski definition) is 8. The molecule has 0 saturated carbocycles. The molecule has 4 aromatic heterocycles. The van der Waals surface area contributed by atoms with Gasteiger partial charge in [-0.1, -0.05) is 107 Å². The first-order valence-corrected chi connectivity index (χ1v) is 16.9. The summed E-state index contributed by atoms with van der Waals surface area (Å²) in [6.07, 6.45) is 3.66. The van der Waals surface area contributed by atoms with Gasteiger partial charge >= 0.3 is 0 Å². The molecule has 2 N–H and O–H groups in total. The molecule has 12 heteroatoms. The molecule has 2 amide bonds. The average molecular weight is 689 g/mol. The molecule has 0 radical (unpaired) electrons. The lowest BCUT2D eigenvalue weighted by Gasteiger charge is -2.11. The van der Waals surface area contributed by atoms with Gasteiger partial charge in [0.1, 0.15) is 22.8 Å². The minimum Gasteiger partial charge on any atom is -0.347 e. The number of pyridine rings is 2. The maximum atomic E-state index is 13.1. The van der Waals surface area contributed by atoms with Crippen molar-refractivity contribution in [2.24, 2.45) is 0 Å². The van der Waals surface area contributed by atoms with Crippen LogP contribution in [0.1, 0.15) is 69.2 Å². The molecule has 7 aromatic rings. The Labute approximate surface area is 300 Å². The summed E-state index contributed by atoms with van der Waals surface area (Å²) in [5.74, 6) is -0.628. The van der Waals surface area contributed by atoms with E-state index in [2.05, 4.69) is 41.2 Å². The van der Waals surface area contributed by atoms with Crippen molar-refractivity contribution in [2.45, 2.75) is 39.0 Å². The Kier molecular flexibility index (Phi) is 9.96. The molecule has 0 unspecified atom stereocenters. The number of rotatable bonds is 12. The predicted octanol–water partition coefficient (Wildman–Crippen LogP) is 6.07. The molecule has 0 saturated heterocycles. The molecular formula is C40H36N10O2. The smallest absolute Gasteiger partial charge is 0.270 e. The molecular weight excluding hydrogens is 653 g/mol. The van der Waals surface area contributed by atoms with Crippen LogP contribution in [0.25, 0.3) is 22.8 Å². The molecule has 0 aliphatic rings. The maximum Gasteiger partial charge on any atom is 0.270 e. The number of carbonyl (C=O) groups is 2. The van der Waals surface area contributed by atoms with Gasteiger partial charge in [0.05, 0.1) is 35.9 Å².